The SMILES string of the molecule is CCNc1cc(Oc2cscc2CO)ccc1C. The zero-order chi connectivity index (χ0) is 13.0. The molecule has 0 spiro atoms. The second-order valence-electron chi connectivity index (χ2n) is 4.03. The highest BCUT2D eigenvalue weighted by Crippen LogP contribution is 2.31. The van der Waals surface area contributed by atoms with Crippen molar-refractivity contribution in [3.63, 3.8) is 0 Å². The van der Waals surface area contributed by atoms with Gasteiger partial charge in [0.15, 0.2) is 0 Å². The van der Waals surface area contributed by atoms with Gasteiger partial charge in [0.25, 0.3) is 0 Å². The third kappa shape index (κ3) is 2.83. The van der Waals surface area contributed by atoms with E-state index in [9.17, 15) is 5.11 Å². The summed E-state index contributed by atoms with van der Waals surface area (Å²) < 4.78 is 5.79. The van der Waals surface area contributed by atoms with Gasteiger partial charge in [-0.2, -0.15) is 0 Å². The number of benzene rings is 1. The molecule has 0 aliphatic heterocycles. The Balaban J connectivity index is 2.21. The first kappa shape index (κ1) is 12.9. The lowest BCUT2D eigenvalue weighted by Crippen LogP contribution is -1.99. The highest BCUT2D eigenvalue weighted by Gasteiger charge is 2.06. The lowest BCUT2D eigenvalue weighted by molar-refractivity contribution is 0.277. The fourth-order valence-electron chi connectivity index (χ4n) is 1.69. The van der Waals surface area contributed by atoms with Crippen LogP contribution in [0.25, 0.3) is 0 Å². The van der Waals surface area contributed by atoms with E-state index in [2.05, 4.69) is 19.2 Å². The molecule has 1 heterocycles. The minimum atomic E-state index is 0.00472. The summed E-state index contributed by atoms with van der Waals surface area (Å²) in [6.45, 7) is 5.01. The monoisotopic (exact) mass is 263 g/mol. The molecule has 0 saturated carbocycles. The maximum atomic E-state index is 9.18. The van der Waals surface area contributed by atoms with Gasteiger partial charge < -0.3 is 15.2 Å². The van der Waals surface area contributed by atoms with Crippen molar-refractivity contribution in [2.75, 3.05) is 11.9 Å². The van der Waals surface area contributed by atoms with E-state index in [4.69, 9.17) is 4.74 Å². The molecule has 0 unspecified atom stereocenters. The van der Waals surface area contributed by atoms with Gasteiger partial charge in [-0.1, -0.05) is 6.07 Å². The molecule has 0 fully saturated rings. The van der Waals surface area contributed by atoms with Crippen molar-refractivity contribution in [3.8, 4) is 11.5 Å². The Labute approximate surface area is 111 Å². The number of nitrogens with one attached hydrogen (secondary N) is 1. The second kappa shape index (κ2) is 5.89. The first-order valence-corrected chi connectivity index (χ1v) is 6.87. The van der Waals surface area contributed by atoms with Gasteiger partial charge >= 0.3 is 0 Å². The zero-order valence-corrected chi connectivity index (χ0v) is 11.4. The molecule has 0 saturated heterocycles. The molecule has 1 aromatic heterocycles. The summed E-state index contributed by atoms with van der Waals surface area (Å²) in [7, 11) is 0. The molecular formula is C14H17NO2S. The normalized spacial score (nSPS) is 10.4. The third-order valence-corrected chi connectivity index (χ3v) is 3.45. The number of hydrogen-bond donors (Lipinski definition) is 2. The highest BCUT2D eigenvalue weighted by atomic mass is 32.1. The Kier molecular flexibility index (Phi) is 4.23. The predicted octanol–water partition coefficient (Wildman–Crippen LogP) is 3.77. The third-order valence-electron chi connectivity index (χ3n) is 2.68. The predicted molar refractivity (Wildman–Crippen MR) is 75.7 cm³/mol. The number of hydrogen-bond acceptors (Lipinski definition) is 4. The van der Waals surface area contributed by atoms with Crippen LogP contribution in [0.15, 0.2) is 29.0 Å². The fourth-order valence-corrected chi connectivity index (χ4v) is 2.44. The number of ether oxygens (including phenoxy) is 1. The molecule has 96 valence electrons. The van der Waals surface area contributed by atoms with Gasteiger partial charge in [-0.05, 0) is 25.5 Å². The van der Waals surface area contributed by atoms with Crippen LogP contribution in [-0.2, 0) is 6.61 Å². The van der Waals surface area contributed by atoms with Crippen LogP contribution in [0.3, 0.4) is 0 Å². The molecular weight excluding hydrogens is 246 g/mol. The smallest absolute Gasteiger partial charge is 0.143 e. The van der Waals surface area contributed by atoms with Crippen LogP contribution in [-0.4, -0.2) is 11.7 Å². The standard InChI is InChI=1S/C14H17NO2S/c1-3-15-13-6-12(5-4-10(13)2)17-14-9-18-8-11(14)7-16/h4-6,8-9,15-16H,3,7H2,1-2H3. The molecule has 2 rings (SSSR count). The summed E-state index contributed by atoms with van der Waals surface area (Å²) in [6.07, 6.45) is 0. The van der Waals surface area contributed by atoms with E-state index in [1.807, 2.05) is 29.0 Å². The van der Waals surface area contributed by atoms with E-state index in [1.54, 1.807) is 0 Å². The largest absolute Gasteiger partial charge is 0.456 e. The Bertz CT molecular complexity index is 522. The molecule has 0 bridgehead atoms. The van der Waals surface area contributed by atoms with Crippen LogP contribution in [0.4, 0.5) is 5.69 Å². The van der Waals surface area contributed by atoms with Gasteiger partial charge in [0.2, 0.25) is 0 Å². The van der Waals surface area contributed by atoms with E-state index in [0.717, 1.165) is 29.3 Å². The zero-order valence-electron chi connectivity index (χ0n) is 10.6. The Hall–Kier alpha value is -1.52. The number of aliphatic hydroxyl groups is 1. The van der Waals surface area contributed by atoms with Crippen molar-refractivity contribution in [1.29, 1.82) is 0 Å². The van der Waals surface area contributed by atoms with E-state index >= 15 is 0 Å². The number of rotatable bonds is 5. The first-order valence-electron chi connectivity index (χ1n) is 5.93. The molecule has 3 nitrogen and oxygen atoms in total. The molecule has 0 aliphatic carbocycles. The summed E-state index contributed by atoms with van der Waals surface area (Å²) in [6, 6.07) is 5.95. The molecule has 0 atom stereocenters. The molecule has 2 N–H and O–H groups in total. The van der Waals surface area contributed by atoms with Crippen LogP contribution >= 0.6 is 11.3 Å². The molecule has 0 amide bonds. The Morgan fingerprint density at radius 3 is 2.89 bits per heavy atom. The summed E-state index contributed by atoms with van der Waals surface area (Å²) in [4.78, 5) is 0. The average molecular weight is 263 g/mol. The fraction of sp³-hybridized carbons (Fsp3) is 0.286. The Morgan fingerprint density at radius 2 is 2.17 bits per heavy atom. The van der Waals surface area contributed by atoms with Crippen molar-refractivity contribution in [3.05, 3.63) is 40.1 Å². The van der Waals surface area contributed by atoms with Crippen LogP contribution in [0.2, 0.25) is 0 Å². The number of aryl methyl sites for hydroxylation is 1. The van der Waals surface area contributed by atoms with E-state index in [-0.39, 0.29) is 6.61 Å². The maximum absolute atomic E-state index is 9.18. The van der Waals surface area contributed by atoms with Crippen molar-refractivity contribution in [2.24, 2.45) is 0 Å². The van der Waals surface area contributed by atoms with Crippen LogP contribution in [0.5, 0.6) is 11.5 Å². The Morgan fingerprint density at radius 1 is 1.33 bits per heavy atom. The summed E-state index contributed by atoms with van der Waals surface area (Å²) in [5.41, 5.74) is 3.10. The van der Waals surface area contributed by atoms with Gasteiger partial charge in [0.1, 0.15) is 11.5 Å². The van der Waals surface area contributed by atoms with E-state index in [1.165, 1.54) is 16.9 Å². The van der Waals surface area contributed by atoms with Gasteiger partial charge in [-0.3, -0.25) is 0 Å². The van der Waals surface area contributed by atoms with Crippen LogP contribution < -0.4 is 10.1 Å². The van der Waals surface area contributed by atoms with Crippen molar-refractivity contribution < 1.29 is 9.84 Å². The average Bonchev–Trinajstić information content (AvgIpc) is 2.81. The van der Waals surface area contributed by atoms with E-state index in [0.29, 0.717) is 0 Å². The van der Waals surface area contributed by atoms with Crippen LogP contribution in [0, 0.1) is 6.92 Å². The number of anilines is 1. The number of thiophene rings is 1. The first-order chi connectivity index (χ1) is 8.74. The lowest BCUT2D eigenvalue weighted by atomic mass is 10.2. The summed E-state index contributed by atoms with van der Waals surface area (Å²) in [5.74, 6) is 1.51. The van der Waals surface area contributed by atoms with Crippen LogP contribution in [0.1, 0.15) is 18.1 Å². The summed E-state index contributed by atoms with van der Waals surface area (Å²) in [5, 5.41) is 16.3. The van der Waals surface area contributed by atoms with Gasteiger partial charge in [-0.15, -0.1) is 11.3 Å². The molecule has 18 heavy (non-hydrogen) atoms. The quantitative estimate of drug-likeness (QED) is 0.862. The van der Waals surface area contributed by atoms with Gasteiger partial charge in [0, 0.05) is 34.6 Å². The highest BCUT2D eigenvalue weighted by molar-refractivity contribution is 7.08. The topological polar surface area (TPSA) is 41.5 Å². The maximum Gasteiger partial charge on any atom is 0.143 e. The van der Waals surface area contributed by atoms with E-state index < -0.39 is 0 Å². The minimum Gasteiger partial charge on any atom is -0.456 e. The molecule has 2 aromatic rings. The second-order valence-corrected chi connectivity index (χ2v) is 4.77. The molecule has 0 radical (unpaired) electrons. The lowest BCUT2D eigenvalue weighted by Gasteiger charge is -2.11. The number of aliphatic hydroxyl groups excluding tert-OH is 1. The molecule has 4 heteroatoms. The summed E-state index contributed by atoms with van der Waals surface area (Å²) >= 11 is 1.53. The van der Waals surface area contributed by atoms with Crippen molar-refractivity contribution >= 4 is 17.0 Å². The molecule has 1 aromatic carbocycles. The van der Waals surface area contributed by atoms with Crippen molar-refractivity contribution in [2.45, 2.75) is 20.5 Å². The molecule has 0 aliphatic rings. The van der Waals surface area contributed by atoms with Crippen molar-refractivity contribution in [1.82, 2.24) is 0 Å². The van der Waals surface area contributed by atoms with Gasteiger partial charge in [0.05, 0.1) is 6.61 Å². The van der Waals surface area contributed by atoms with Gasteiger partial charge in [-0.25, -0.2) is 0 Å². The minimum absolute atomic E-state index is 0.00472.